The zero-order valence-electron chi connectivity index (χ0n) is 12.1. The van der Waals surface area contributed by atoms with Gasteiger partial charge in [-0.3, -0.25) is 4.79 Å². The van der Waals surface area contributed by atoms with Gasteiger partial charge in [-0.15, -0.1) is 11.3 Å². The van der Waals surface area contributed by atoms with E-state index in [4.69, 9.17) is 4.74 Å². The third-order valence-electron chi connectivity index (χ3n) is 2.98. The molecular weight excluding hydrogens is 272 g/mol. The standard InChI is InChI=1S/C15H18N2O2S/c1-10-5-6-13(19-4)11(7-10)12-9-20-14(16-12)8-15(18)17(2)3/h5-7,9H,8H2,1-4H3. The van der Waals surface area contributed by atoms with Gasteiger partial charge < -0.3 is 9.64 Å². The summed E-state index contributed by atoms with van der Waals surface area (Å²) in [6.45, 7) is 2.03. The number of methoxy groups -OCH3 is 1. The number of hydrogen-bond donors (Lipinski definition) is 0. The maximum Gasteiger partial charge on any atom is 0.228 e. The van der Waals surface area contributed by atoms with Gasteiger partial charge in [0.2, 0.25) is 5.91 Å². The minimum absolute atomic E-state index is 0.0575. The molecule has 1 amide bonds. The highest BCUT2D eigenvalue weighted by atomic mass is 32.1. The van der Waals surface area contributed by atoms with Crippen LogP contribution in [0.15, 0.2) is 23.6 Å². The van der Waals surface area contributed by atoms with Gasteiger partial charge >= 0.3 is 0 Å². The summed E-state index contributed by atoms with van der Waals surface area (Å²) >= 11 is 1.50. The molecule has 0 N–H and O–H groups in total. The molecule has 0 saturated heterocycles. The third-order valence-corrected chi connectivity index (χ3v) is 3.83. The van der Waals surface area contributed by atoms with Gasteiger partial charge in [0.25, 0.3) is 0 Å². The van der Waals surface area contributed by atoms with Gasteiger partial charge in [-0.1, -0.05) is 11.6 Å². The molecule has 0 aliphatic heterocycles. The van der Waals surface area contributed by atoms with E-state index in [2.05, 4.69) is 4.98 Å². The smallest absolute Gasteiger partial charge is 0.228 e. The summed E-state index contributed by atoms with van der Waals surface area (Å²) in [6.07, 6.45) is 0.339. The summed E-state index contributed by atoms with van der Waals surface area (Å²) in [6, 6.07) is 5.99. The lowest BCUT2D eigenvalue weighted by Gasteiger charge is -2.08. The van der Waals surface area contributed by atoms with Crippen molar-refractivity contribution in [3.05, 3.63) is 34.2 Å². The van der Waals surface area contributed by atoms with Gasteiger partial charge in [0, 0.05) is 25.0 Å². The van der Waals surface area contributed by atoms with Crippen LogP contribution in [0.25, 0.3) is 11.3 Å². The minimum atomic E-state index is 0.0575. The molecule has 0 aliphatic carbocycles. The van der Waals surface area contributed by atoms with Crippen molar-refractivity contribution in [1.82, 2.24) is 9.88 Å². The number of rotatable bonds is 4. The van der Waals surface area contributed by atoms with Crippen molar-refractivity contribution in [2.75, 3.05) is 21.2 Å². The maximum atomic E-state index is 11.7. The largest absolute Gasteiger partial charge is 0.496 e. The maximum absolute atomic E-state index is 11.7. The van der Waals surface area contributed by atoms with Crippen molar-refractivity contribution in [1.29, 1.82) is 0 Å². The average Bonchev–Trinajstić information content (AvgIpc) is 2.87. The predicted molar refractivity (Wildman–Crippen MR) is 81.2 cm³/mol. The molecule has 2 aromatic rings. The van der Waals surface area contributed by atoms with E-state index < -0.39 is 0 Å². The second-order valence-corrected chi connectivity index (χ2v) is 5.74. The van der Waals surface area contributed by atoms with Crippen LogP contribution in [0.4, 0.5) is 0 Å². The molecule has 0 saturated carbocycles. The monoisotopic (exact) mass is 290 g/mol. The van der Waals surface area contributed by atoms with Crippen LogP contribution in [0.5, 0.6) is 5.75 Å². The van der Waals surface area contributed by atoms with Crippen LogP contribution in [0, 0.1) is 6.92 Å². The second kappa shape index (κ2) is 6.05. The highest BCUT2D eigenvalue weighted by molar-refractivity contribution is 7.10. The first-order chi connectivity index (χ1) is 9.51. The zero-order valence-corrected chi connectivity index (χ0v) is 13.0. The first kappa shape index (κ1) is 14.5. The van der Waals surface area contributed by atoms with Crippen molar-refractivity contribution in [2.45, 2.75) is 13.3 Å². The number of hydrogen-bond acceptors (Lipinski definition) is 4. The highest BCUT2D eigenvalue weighted by Gasteiger charge is 2.13. The van der Waals surface area contributed by atoms with Crippen molar-refractivity contribution in [2.24, 2.45) is 0 Å². The van der Waals surface area contributed by atoms with Crippen LogP contribution in [0.2, 0.25) is 0 Å². The van der Waals surface area contributed by atoms with E-state index in [0.29, 0.717) is 6.42 Å². The summed E-state index contributed by atoms with van der Waals surface area (Å²) < 4.78 is 5.37. The quantitative estimate of drug-likeness (QED) is 0.869. The molecule has 0 radical (unpaired) electrons. The first-order valence-corrected chi connectivity index (χ1v) is 7.19. The van der Waals surface area contributed by atoms with E-state index in [9.17, 15) is 4.79 Å². The van der Waals surface area contributed by atoms with Crippen LogP contribution in [-0.4, -0.2) is 37.0 Å². The van der Waals surface area contributed by atoms with E-state index in [1.807, 2.05) is 30.5 Å². The normalized spacial score (nSPS) is 10.4. The molecule has 0 spiro atoms. The summed E-state index contributed by atoms with van der Waals surface area (Å²) in [5.41, 5.74) is 2.98. The van der Waals surface area contributed by atoms with Crippen LogP contribution >= 0.6 is 11.3 Å². The molecule has 0 bridgehead atoms. The van der Waals surface area contributed by atoms with Crippen LogP contribution in [-0.2, 0) is 11.2 Å². The molecule has 0 unspecified atom stereocenters. The molecular formula is C15H18N2O2S. The zero-order chi connectivity index (χ0) is 14.7. The van der Waals surface area contributed by atoms with E-state index in [-0.39, 0.29) is 5.91 Å². The SMILES string of the molecule is COc1ccc(C)cc1-c1csc(CC(=O)N(C)C)n1. The fourth-order valence-electron chi connectivity index (χ4n) is 1.83. The third kappa shape index (κ3) is 3.17. The molecule has 0 aliphatic rings. The highest BCUT2D eigenvalue weighted by Crippen LogP contribution is 2.31. The second-order valence-electron chi connectivity index (χ2n) is 4.80. The van der Waals surface area contributed by atoms with Gasteiger partial charge in [0.15, 0.2) is 0 Å². The lowest BCUT2D eigenvalue weighted by Crippen LogP contribution is -2.23. The van der Waals surface area contributed by atoms with Crippen molar-refractivity contribution < 1.29 is 9.53 Å². The van der Waals surface area contributed by atoms with Crippen molar-refractivity contribution >= 4 is 17.2 Å². The molecule has 0 fully saturated rings. The van der Waals surface area contributed by atoms with Gasteiger partial charge in [0.05, 0.1) is 19.2 Å². The molecule has 5 heteroatoms. The molecule has 2 rings (SSSR count). The predicted octanol–water partition coefficient (Wildman–Crippen LogP) is 2.76. The number of aryl methyl sites for hydroxylation is 1. The summed E-state index contributed by atoms with van der Waals surface area (Å²) in [4.78, 5) is 17.8. The number of ether oxygens (including phenoxy) is 1. The number of aromatic nitrogens is 1. The number of carbonyl (C=O) groups is 1. The Balaban J connectivity index is 2.29. The van der Waals surface area contributed by atoms with E-state index >= 15 is 0 Å². The number of likely N-dealkylation sites (N-methyl/N-ethyl adjacent to an activating group) is 1. The molecule has 1 aromatic carbocycles. The van der Waals surface area contributed by atoms with Gasteiger partial charge in [-0.25, -0.2) is 4.98 Å². The molecule has 1 aromatic heterocycles. The van der Waals surface area contributed by atoms with Crippen LogP contribution in [0.3, 0.4) is 0 Å². The number of nitrogens with zero attached hydrogens (tertiary/aromatic N) is 2. The lowest BCUT2D eigenvalue weighted by atomic mass is 10.1. The molecule has 0 atom stereocenters. The lowest BCUT2D eigenvalue weighted by molar-refractivity contribution is -0.127. The fraction of sp³-hybridized carbons (Fsp3) is 0.333. The van der Waals surface area contributed by atoms with E-state index in [1.54, 1.807) is 26.1 Å². The Labute approximate surface area is 123 Å². The van der Waals surface area contributed by atoms with Gasteiger partial charge in [-0.05, 0) is 19.1 Å². The summed E-state index contributed by atoms with van der Waals surface area (Å²) in [5.74, 6) is 0.855. The van der Waals surface area contributed by atoms with Gasteiger partial charge in [0.1, 0.15) is 10.8 Å². The average molecular weight is 290 g/mol. The Hall–Kier alpha value is -1.88. The van der Waals surface area contributed by atoms with Crippen LogP contribution < -0.4 is 4.74 Å². The molecule has 1 heterocycles. The Kier molecular flexibility index (Phi) is 4.39. The number of benzene rings is 1. The molecule has 106 valence electrons. The first-order valence-electron chi connectivity index (χ1n) is 6.31. The molecule has 4 nitrogen and oxygen atoms in total. The Morgan fingerprint density at radius 2 is 2.15 bits per heavy atom. The topological polar surface area (TPSA) is 42.4 Å². The van der Waals surface area contributed by atoms with Gasteiger partial charge in [-0.2, -0.15) is 0 Å². The summed E-state index contributed by atoms with van der Waals surface area (Å²) in [7, 11) is 5.15. The Morgan fingerprint density at radius 3 is 2.80 bits per heavy atom. The molecule has 20 heavy (non-hydrogen) atoms. The number of carbonyl (C=O) groups excluding carboxylic acids is 1. The van der Waals surface area contributed by atoms with E-state index in [0.717, 1.165) is 27.6 Å². The van der Waals surface area contributed by atoms with E-state index in [1.165, 1.54) is 11.3 Å². The summed E-state index contributed by atoms with van der Waals surface area (Å²) in [5, 5.41) is 2.79. The Morgan fingerprint density at radius 1 is 1.40 bits per heavy atom. The number of thiazole rings is 1. The minimum Gasteiger partial charge on any atom is -0.496 e. The van der Waals surface area contributed by atoms with Crippen LogP contribution in [0.1, 0.15) is 10.6 Å². The van der Waals surface area contributed by atoms with Crippen molar-refractivity contribution in [3.8, 4) is 17.0 Å². The number of amides is 1. The van der Waals surface area contributed by atoms with Crippen molar-refractivity contribution in [3.63, 3.8) is 0 Å². The fourth-order valence-corrected chi connectivity index (χ4v) is 2.61. The Bertz CT molecular complexity index is 620.